The van der Waals surface area contributed by atoms with E-state index >= 15 is 0 Å². The van der Waals surface area contributed by atoms with Gasteiger partial charge >= 0.3 is 0 Å². The first-order valence-electron chi connectivity index (χ1n) is 5.04. The molecular formula is C12H8ClN3S. The van der Waals surface area contributed by atoms with Crippen molar-refractivity contribution in [2.45, 2.75) is 0 Å². The second kappa shape index (κ2) is 4.31. The fraction of sp³-hybridized carbons (Fsp3) is 0. The highest BCUT2D eigenvalue weighted by Gasteiger charge is 2.04. The lowest BCUT2D eigenvalue weighted by Gasteiger charge is -1.99. The molecule has 0 aliphatic carbocycles. The third-order valence-electron chi connectivity index (χ3n) is 2.26. The Hall–Kier alpha value is -1.65. The first-order valence-corrected chi connectivity index (χ1v) is 6.24. The lowest BCUT2D eigenvalue weighted by Crippen LogP contribution is -1.88. The van der Waals surface area contributed by atoms with E-state index in [9.17, 15) is 0 Å². The molecule has 0 saturated carbocycles. The first kappa shape index (κ1) is 10.5. The summed E-state index contributed by atoms with van der Waals surface area (Å²) in [5.74, 6) is 0. The zero-order valence-corrected chi connectivity index (χ0v) is 10.3. The average Bonchev–Trinajstić information content (AvgIpc) is 2.71. The van der Waals surface area contributed by atoms with Gasteiger partial charge in [0.25, 0.3) is 0 Å². The normalized spacial score (nSPS) is 10.6. The Kier molecular flexibility index (Phi) is 2.66. The quantitative estimate of drug-likeness (QED) is 0.755. The minimum atomic E-state index is 0.731. The molecule has 17 heavy (non-hydrogen) atoms. The van der Waals surface area contributed by atoms with Crippen LogP contribution in [0.4, 0.5) is 10.8 Å². The van der Waals surface area contributed by atoms with E-state index in [-0.39, 0.29) is 0 Å². The Labute approximate surface area is 107 Å². The van der Waals surface area contributed by atoms with E-state index in [0.29, 0.717) is 0 Å². The maximum absolute atomic E-state index is 5.94. The molecule has 0 radical (unpaired) electrons. The summed E-state index contributed by atoms with van der Waals surface area (Å²) >= 11 is 7.51. The van der Waals surface area contributed by atoms with Crippen LogP contribution in [0.25, 0.3) is 10.2 Å². The number of pyridine rings is 1. The number of aromatic nitrogens is 2. The van der Waals surface area contributed by atoms with E-state index in [1.165, 1.54) is 0 Å². The predicted octanol–water partition coefficient (Wildman–Crippen LogP) is 4.09. The van der Waals surface area contributed by atoms with Crippen molar-refractivity contribution in [3.8, 4) is 0 Å². The Morgan fingerprint density at radius 1 is 1.24 bits per heavy atom. The van der Waals surface area contributed by atoms with E-state index in [1.54, 1.807) is 23.7 Å². The Morgan fingerprint density at radius 2 is 2.18 bits per heavy atom. The van der Waals surface area contributed by atoms with Gasteiger partial charge in [0.1, 0.15) is 0 Å². The molecule has 84 valence electrons. The summed E-state index contributed by atoms with van der Waals surface area (Å²) in [4.78, 5) is 8.51. The summed E-state index contributed by atoms with van der Waals surface area (Å²) in [6, 6.07) is 9.52. The third kappa shape index (κ3) is 2.23. The molecule has 0 aliphatic heterocycles. The molecule has 3 aromatic rings. The minimum Gasteiger partial charge on any atom is -0.330 e. The summed E-state index contributed by atoms with van der Waals surface area (Å²) in [5, 5.41) is 4.79. The van der Waals surface area contributed by atoms with Gasteiger partial charge in [-0.25, -0.2) is 4.98 Å². The van der Waals surface area contributed by atoms with Crippen molar-refractivity contribution in [1.29, 1.82) is 0 Å². The molecule has 3 rings (SSSR count). The topological polar surface area (TPSA) is 37.8 Å². The lowest BCUT2D eigenvalue weighted by atomic mass is 10.3. The predicted molar refractivity (Wildman–Crippen MR) is 72.1 cm³/mol. The summed E-state index contributed by atoms with van der Waals surface area (Å²) in [6.45, 7) is 0. The molecule has 0 amide bonds. The zero-order chi connectivity index (χ0) is 11.7. The number of anilines is 2. The summed E-state index contributed by atoms with van der Waals surface area (Å²) in [5.41, 5.74) is 1.88. The maximum atomic E-state index is 5.94. The molecule has 0 atom stereocenters. The second-order valence-electron chi connectivity index (χ2n) is 3.50. The number of benzene rings is 1. The van der Waals surface area contributed by atoms with Crippen LogP contribution in [-0.2, 0) is 0 Å². The van der Waals surface area contributed by atoms with E-state index < -0.39 is 0 Å². The molecule has 3 nitrogen and oxygen atoms in total. The Balaban J connectivity index is 1.96. The maximum Gasteiger partial charge on any atom is 0.188 e. The summed E-state index contributed by atoms with van der Waals surface area (Å²) in [7, 11) is 0. The van der Waals surface area contributed by atoms with Gasteiger partial charge < -0.3 is 5.32 Å². The molecule has 0 fully saturated rings. The van der Waals surface area contributed by atoms with Crippen LogP contribution in [0.15, 0.2) is 42.7 Å². The van der Waals surface area contributed by atoms with E-state index in [1.807, 2.05) is 30.3 Å². The van der Waals surface area contributed by atoms with Crippen molar-refractivity contribution in [3.05, 3.63) is 47.7 Å². The lowest BCUT2D eigenvalue weighted by molar-refractivity contribution is 1.32. The van der Waals surface area contributed by atoms with Gasteiger partial charge in [-0.3, -0.25) is 4.98 Å². The highest BCUT2D eigenvalue weighted by molar-refractivity contribution is 7.22. The number of thiazole rings is 1. The number of fused-ring (bicyclic) bond motifs is 1. The largest absolute Gasteiger partial charge is 0.330 e. The Morgan fingerprint density at radius 3 is 3.00 bits per heavy atom. The Bertz CT molecular complexity index is 651. The zero-order valence-electron chi connectivity index (χ0n) is 8.72. The molecular weight excluding hydrogens is 254 g/mol. The molecule has 5 heteroatoms. The summed E-state index contributed by atoms with van der Waals surface area (Å²) in [6.07, 6.45) is 3.50. The third-order valence-corrected chi connectivity index (χ3v) is 3.43. The van der Waals surface area contributed by atoms with Gasteiger partial charge in [-0.15, -0.1) is 0 Å². The first-order chi connectivity index (χ1) is 8.31. The number of hydrogen-bond donors (Lipinski definition) is 1. The van der Waals surface area contributed by atoms with Crippen LogP contribution in [0.3, 0.4) is 0 Å². The van der Waals surface area contributed by atoms with Gasteiger partial charge in [-0.1, -0.05) is 22.9 Å². The highest BCUT2D eigenvalue weighted by Crippen LogP contribution is 2.29. The molecule has 0 bridgehead atoms. The van der Waals surface area contributed by atoms with Crippen molar-refractivity contribution in [2.75, 3.05) is 5.32 Å². The second-order valence-corrected chi connectivity index (χ2v) is 4.96. The van der Waals surface area contributed by atoms with Crippen molar-refractivity contribution in [2.24, 2.45) is 0 Å². The number of nitrogens with zero attached hydrogens (tertiary/aromatic N) is 2. The standard InChI is InChI=1S/C12H8ClN3S/c13-8-3-4-10-11(6-8)17-12(16-10)15-9-2-1-5-14-7-9/h1-7H,(H,15,16). The van der Waals surface area contributed by atoms with Crippen LogP contribution in [0.1, 0.15) is 0 Å². The van der Waals surface area contributed by atoms with Crippen LogP contribution in [0, 0.1) is 0 Å². The minimum absolute atomic E-state index is 0.731. The number of halogens is 1. The molecule has 0 saturated heterocycles. The van der Waals surface area contributed by atoms with Gasteiger partial charge in [-0.2, -0.15) is 0 Å². The number of hydrogen-bond acceptors (Lipinski definition) is 4. The summed E-state index contributed by atoms with van der Waals surface area (Å²) < 4.78 is 1.07. The molecule has 1 aromatic carbocycles. The van der Waals surface area contributed by atoms with Crippen LogP contribution in [0.5, 0.6) is 0 Å². The fourth-order valence-electron chi connectivity index (χ4n) is 1.51. The fourth-order valence-corrected chi connectivity index (χ4v) is 2.67. The van der Waals surface area contributed by atoms with E-state index in [0.717, 1.165) is 26.1 Å². The van der Waals surface area contributed by atoms with Gasteiger partial charge in [0.2, 0.25) is 0 Å². The smallest absolute Gasteiger partial charge is 0.188 e. The van der Waals surface area contributed by atoms with Gasteiger partial charge in [0.15, 0.2) is 5.13 Å². The molecule has 2 heterocycles. The molecule has 1 N–H and O–H groups in total. The molecule has 0 spiro atoms. The van der Waals surface area contributed by atoms with E-state index in [2.05, 4.69) is 15.3 Å². The van der Waals surface area contributed by atoms with Crippen molar-refractivity contribution >= 4 is 44.0 Å². The van der Waals surface area contributed by atoms with Crippen LogP contribution >= 0.6 is 22.9 Å². The monoisotopic (exact) mass is 261 g/mol. The van der Waals surface area contributed by atoms with Crippen LogP contribution in [-0.4, -0.2) is 9.97 Å². The van der Waals surface area contributed by atoms with Gasteiger partial charge in [0, 0.05) is 11.2 Å². The van der Waals surface area contributed by atoms with Crippen LogP contribution < -0.4 is 5.32 Å². The van der Waals surface area contributed by atoms with E-state index in [4.69, 9.17) is 11.6 Å². The van der Waals surface area contributed by atoms with Crippen molar-refractivity contribution < 1.29 is 0 Å². The molecule has 0 aliphatic rings. The van der Waals surface area contributed by atoms with Crippen molar-refractivity contribution in [1.82, 2.24) is 9.97 Å². The van der Waals surface area contributed by atoms with Gasteiger partial charge in [-0.05, 0) is 30.3 Å². The van der Waals surface area contributed by atoms with Crippen LogP contribution in [0.2, 0.25) is 5.02 Å². The molecule has 2 aromatic heterocycles. The number of nitrogens with one attached hydrogen (secondary N) is 1. The SMILES string of the molecule is Clc1ccc2nc(Nc3cccnc3)sc2c1. The highest BCUT2D eigenvalue weighted by atomic mass is 35.5. The van der Waals surface area contributed by atoms with Gasteiger partial charge in [0.05, 0.1) is 22.1 Å². The average molecular weight is 262 g/mol. The van der Waals surface area contributed by atoms with Crippen molar-refractivity contribution in [3.63, 3.8) is 0 Å². The molecule has 0 unspecified atom stereocenters. The number of rotatable bonds is 2.